The highest BCUT2D eigenvalue weighted by Gasteiger charge is 2.22. The highest BCUT2D eigenvalue weighted by atomic mass is 16.3. The quantitative estimate of drug-likeness (QED) is 0.704. The summed E-state index contributed by atoms with van der Waals surface area (Å²) in [5, 5.41) is 19.3. The molecule has 3 heterocycles. The molecule has 0 bridgehead atoms. The maximum absolute atomic E-state index is 12.7. The Kier molecular flexibility index (Phi) is 5.48. The average molecular weight is 380 g/mol. The van der Waals surface area contributed by atoms with Gasteiger partial charge in [0.2, 0.25) is 5.91 Å². The van der Waals surface area contributed by atoms with E-state index in [9.17, 15) is 9.90 Å². The Balaban J connectivity index is 1.40. The zero-order valence-electron chi connectivity index (χ0n) is 15.7. The molecule has 0 aliphatic carbocycles. The maximum Gasteiger partial charge on any atom is 0.222 e. The first-order valence-electron chi connectivity index (χ1n) is 9.60. The second-order valence-corrected chi connectivity index (χ2v) is 7.03. The average Bonchev–Trinajstić information content (AvgIpc) is 3.33. The van der Waals surface area contributed by atoms with E-state index in [1.165, 1.54) is 6.33 Å². The maximum atomic E-state index is 12.7. The molecule has 0 radical (unpaired) electrons. The van der Waals surface area contributed by atoms with E-state index in [1.54, 1.807) is 11.0 Å². The highest BCUT2D eigenvalue weighted by molar-refractivity contribution is 5.76. The minimum atomic E-state index is -0.757. The molecule has 1 aliphatic heterocycles. The predicted molar refractivity (Wildman–Crippen MR) is 102 cm³/mol. The van der Waals surface area contributed by atoms with Crippen LogP contribution in [0.4, 0.5) is 0 Å². The molecular weight excluding hydrogens is 356 g/mol. The lowest BCUT2D eigenvalue weighted by molar-refractivity contribution is -0.132. The number of aromatic nitrogens is 5. The third kappa shape index (κ3) is 4.12. The number of carbonyl (C=O) groups excluding carboxylic acids is 1. The predicted octanol–water partition coefficient (Wildman–Crippen LogP) is 1.77. The topological polar surface area (TPSA) is 89.1 Å². The molecule has 0 saturated heterocycles. The van der Waals surface area contributed by atoms with Crippen LogP contribution in [0.5, 0.6) is 0 Å². The number of hydrogen-bond acceptors (Lipinski definition) is 5. The minimum absolute atomic E-state index is 0.139. The zero-order valence-corrected chi connectivity index (χ0v) is 15.7. The van der Waals surface area contributed by atoms with Crippen molar-refractivity contribution in [2.24, 2.45) is 0 Å². The summed E-state index contributed by atoms with van der Waals surface area (Å²) in [7, 11) is 0. The van der Waals surface area contributed by atoms with Crippen molar-refractivity contribution in [2.75, 3.05) is 6.54 Å². The van der Waals surface area contributed by atoms with E-state index in [1.807, 2.05) is 46.0 Å². The lowest BCUT2D eigenvalue weighted by Gasteiger charge is -2.20. The van der Waals surface area contributed by atoms with Crippen LogP contribution in [-0.2, 0) is 24.4 Å². The molecule has 4 rings (SSSR count). The van der Waals surface area contributed by atoms with Crippen LogP contribution >= 0.6 is 0 Å². The number of nitrogens with zero attached hydrogens (tertiary/aromatic N) is 6. The Labute approximate surface area is 163 Å². The van der Waals surface area contributed by atoms with Gasteiger partial charge < -0.3 is 10.0 Å². The summed E-state index contributed by atoms with van der Waals surface area (Å²) in [6.07, 6.45) is 4.47. The Hall–Kier alpha value is -3.00. The number of amides is 1. The molecular formula is C20H24N6O2. The van der Waals surface area contributed by atoms with Gasteiger partial charge in [-0.2, -0.15) is 10.2 Å². The normalized spacial score (nSPS) is 15.1. The van der Waals surface area contributed by atoms with E-state index in [4.69, 9.17) is 0 Å². The molecule has 2 aromatic heterocycles. The van der Waals surface area contributed by atoms with E-state index in [2.05, 4.69) is 15.2 Å². The summed E-state index contributed by atoms with van der Waals surface area (Å²) >= 11 is 0. The van der Waals surface area contributed by atoms with Crippen LogP contribution in [0.2, 0.25) is 0 Å². The van der Waals surface area contributed by atoms with Crippen molar-refractivity contribution in [1.29, 1.82) is 0 Å². The van der Waals surface area contributed by atoms with E-state index < -0.39 is 6.10 Å². The lowest BCUT2D eigenvalue weighted by atomic mass is 10.1. The van der Waals surface area contributed by atoms with Gasteiger partial charge in [0.1, 0.15) is 18.8 Å². The van der Waals surface area contributed by atoms with E-state index >= 15 is 0 Å². The number of aryl methyl sites for hydroxylation is 2. The smallest absolute Gasteiger partial charge is 0.222 e. The van der Waals surface area contributed by atoms with Crippen molar-refractivity contribution in [1.82, 2.24) is 29.4 Å². The van der Waals surface area contributed by atoms with Crippen molar-refractivity contribution in [3.8, 4) is 0 Å². The van der Waals surface area contributed by atoms with Gasteiger partial charge in [-0.3, -0.25) is 14.2 Å². The lowest BCUT2D eigenvalue weighted by Crippen LogP contribution is -2.30. The van der Waals surface area contributed by atoms with Gasteiger partial charge in [0, 0.05) is 26.1 Å². The summed E-state index contributed by atoms with van der Waals surface area (Å²) in [5.41, 5.74) is 2.41. The van der Waals surface area contributed by atoms with Crippen molar-refractivity contribution < 1.29 is 9.90 Å². The van der Waals surface area contributed by atoms with Gasteiger partial charge in [-0.25, -0.2) is 4.98 Å². The van der Waals surface area contributed by atoms with Gasteiger partial charge in [0.15, 0.2) is 0 Å². The molecule has 3 aromatic rings. The molecule has 0 spiro atoms. The Morgan fingerprint density at radius 2 is 2.07 bits per heavy atom. The molecule has 0 fully saturated rings. The molecule has 1 aliphatic rings. The van der Waals surface area contributed by atoms with Crippen molar-refractivity contribution in [3.05, 3.63) is 66.0 Å². The van der Waals surface area contributed by atoms with Crippen molar-refractivity contribution >= 4 is 5.91 Å². The zero-order chi connectivity index (χ0) is 19.3. The first-order valence-corrected chi connectivity index (χ1v) is 9.60. The van der Waals surface area contributed by atoms with E-state index in [0.29, 0.717) is 25.2 Å². The van der Waals surface area contributed by atoms with E-state index in [-0.39, 0.29) is 5.91 Å². The third-order valence-corrected chi connectivity index (χ3v) is 5.03. The fourth-order valence-electron chi connectivity index (χ4n) is 3.54. The first-order chi connectivity index (χ1) is 13.7. The number of fused-ring (bicyclic) bond motifs is 1. The molecule has 146 valence electrons. The van der Waals surface area contributed by atoms with Crippen LogP contribution in [-0.4, -0.2) is 47.0 Å². The molecule has 1 amide bonds. The van der Waals surface area contributed by atoms with Crippen LogP contribution in [0, 0.1) is 0 Å². The standard InChI is InChI=1S/C20H24N6O2/c27-19(8-4-10-25-15-21-14-22-25)24-9-5-11-26-17(13-24)12-18(23-26)20(28)16-6-2-1-3-7-16/h1-3,6-7,12,14-15,20,28H,4-5,8-11,13H2. The molecule has 1 atom stereocenters. The fourth-order valence-corrected chi connectivity index (χ4v) is 3.54. The van der Waals surface area contributed by atoms with Gasteiger partial charge >= 0.3 is 0 Å². The number of benzene rings is 1. The van der Waals surface area contributed by atoms with Crippen LogP contribution < -0.4 is 0 Å². The van der Waals surface area contributed by atoms with Crippen molar-refractivity contribution in [3.63, 3.8) is 0 Å². The highest BCUT2D eigenvalue weighted by Crippen LogP contribution is 2.23. The summed E-state index contributed by atoms with van der Waals surface area (Å²) in [5.74, 6) is 0.139. The minimum Gasteiger partial charge on any atom is -0.382 e. The molecule has 8 nitrogen and oxygen atoms in total. The Morgan fingerprint density at radius 1 is 1.21 bits per heavy atom. The second kappa shape index (κ2) is 8.35. The van der Waals surface area contributed by atoms with Gasteiger partial charge in [-0.05, 0) is 24.5 Å². The molecule has 1 aromatic carbocycles. The number of carbonyl (C=O) groups is 1. The van der Waals surface area contributed by atoms with Crippen LogP contribution in [0.25, 0.3) is 0 Å². The summed E-state index contributed by atoms with van der Waals surface area (Å²) < 4.78 is 3.66. The molecule has 1 unspecified atom stereocenters. The fraction of sp³-hybridized carbons (Fsp3) is 0.400. The van der Waals surface area contributed by atoms with Crippen molar-refractivity contribution in [2.45, 2.75) is 45.0 Å². The molecule has 0 saturated carbocycles. The second-order valence-electron chi connectivity index (χ2n) is 7.03. The number of rotatable bonds is 6. The Morgan fingerprint density at radius 3 is 2.86 bits per heavy atom. The summed E-state index contributed by atoms with van der Waals surface area (Å²) in [4.78, 5) is 18.5. The first kappa shape index (κ1) is 18.4. The van der Waals surface area contributed by atoms with E-state index in [0.717, 1.165) is 37.2 Å². The molecule has 28 heavy (non-hydrogen) atoms. The third-order valence-electron chi connectivity index (χ3n) is 5.03. The number of hydrogen-bond donors (Lipinski definition) is 1. The SMILES string of the molecule is O=C(CCCn1cncn1)N1CCCn2nc(C(O)c3ccccc3)cc2C1. The van der Waals surface area contributed by atoms with Gasteiger partial charge in [-0.15, -0.1) is 0 Å². The molecule has 1 N–H and O–H groups in total. The van der Waals surface area contributed by atoms with Gasteiger partial charge in [-0.1, -0.05) is 30.3 Å². The summed E-state index contributed by atoms with van der Waals surface area (Å²) in [6, 6.07) is 11.4. The van der Waals surface area contributed by atoms with Crippen LogP contribution in [0.15, 0.2) is 49.1 Å². The largest absolute Gasteiger partial charge is 0.382 e. The monoisotopic (exact) mass is 380 g/mol. The Bertz CT molecular complexity index is 906. The molecule has 8 heteroatoms. The van der Waals surface area contributed by atoms with Crippen LogP contribution in [0.1, 0.15) is 42.3 Å². The van der Waals surface area contributed by atoms with Gasteiger partial charge in [0.25, 0.3) is 0 Å². The van der Waals surface area contributed by atoms with Gasteiger partial charge in [0.05, 0.1) is 17.9 Å². The number of aliphatic hydroxyl groups excluding tert-OH is 1. The van der Waals surface area contributed by atoms with Crippen LogP contribution in [0.3, 0.4) is 0 Å². The summed E-state index contributed by atoms with van der Waals surface area (Å²) in [6.45, 7) is 2.68. The number of aliphatic hydroxyl groups is 1.